The van der Waals surface area contributed by atoms with E-state index in [2.05, 4.69) is 44.8 Å². The van der Waals surface area contributed by atoms with Crippen molar-refractivity contribution in [3.63, 3.8) is 0 Å². The molecule has 1 aromatic carbocycles. The molecule has 168 valence electrons. The number of benzene rings is 1. The van der Waals surface area contributed by atoms with E-state index < -0.39 is 0 Å². The van der Waals surface area contributed by atoms with Crippen LogP contribution in [0.3, 0.4) is 0 Å². The first-order valence-corrected chi connectivity index (χ1v) is 10.9. The van der Waals surface area contributed by atoms with Gasteiger partial charge in [0.15, 0.2) is 5.69 Å². The minimum Gasteiger partial charge on any atom is -0.447 e. The number of anilines is 1. The summed E-state index contributed by atoms with van der Waals surface area (Å²) in [5.74, 6) is 0.379. The molecule has 3 unspecified atom stereocenters. The summed E-state index contributed by atoms with van der Waals surface area (Å²) in [5.41, 5.74) is 7.37. The van der Waals surface area contributed by atoms with E-state index in [9.17, 15) is 9.18 Å². The van der Waals surface area contributed by atoms with E-state index in [1.165, 1.54) is 12.3 Å². The molecule has 2 fully saturated rings. The second-order valence-corrected chi connectivity index (χ2v) is 8.55. The predicted octanol–water partition coefficient (Wildman–Crippen LogP) is 1.76. The predicted molar refractivity (Wildman–Crippen MR) is 116 cm³/mol. The minimum absolute atomic E-state index is 0.00777. The summed E-state index contributed by atoms with van der Waals surface area (Å²) in [5, 5.41) is 3.05. The number of halogens is 1. The summed E-state index contributed by atoms with van der Waals surface area (Å²) in [6.07, 6.45) is 1.42. The summed E-state index contributed by atoms with van der Waals surface area (Å²) in [4.78, 5) is 21.3. The minimum atomic E-state index is -0.224. The number of piperazine rings is 1. The molecule has 8 nitrogen and oxygen atoms in total. The maximum atomic E-state index is 14.0. The topological polar surface area (TPSA) is 85.7 Å². The molecule has 1 amide bonds. The Morgan fingerprint density at radius 2 is 1.90 bits per heavy atom. The van der Waals surface area contributed by atoms with Gasteiger partial charge in [-0.25, -0.2) is 9.37 Å². The number of para-hydroxylation sites is 1. The summed E-state index contributed by atoms with van der Waals surface area (Å²) in [7, 11) is 0. The zero-order chi connectivity index (χ0) is 22.0. The first-order valence-electron chi connectivity index (χ1n) is 10.9. The lowest BCUT2D eigenvalue weighted by atomic mass is 9.89. The highest BCUT2D eigenvalue weighted by molar-refractivity contribution is 5.92. The molecular weight excluding hydrogens is 399 g/mol. The van der Waals surface area contributed by atoms with Crippen molar-refractivity contribution in [1.82, 2.24) is 26.1 Å². The van der Waals surface area contributed by atoms with Crippen LogP contribution in [0.4, 0.5) is 10.1 Å². The molecule has 0 bridgehead atoms. The molecule has 2 aliphatic rings. The molecule has 3 N–H and O–H groups in total. The van der Waals surface area contributed by atoms with Crippen LogP contribution < -0.4 is 21.1 Å². The highest BCUT2D eigenvalue weighted by atomic mass is 19.1. The number of rotatable bonds is 6. The molecule has 0 radical (unpaired) electrons. The molecule has 2 aromatic rings. The van der Waals surface area contributed by atoms with Crippen molar-refractivity contribution in [2.45, 2.75) is 45.4 Å². The fourth-order valence-corrected chi connectivity index (χ4v) is 4.67. The zero-order valence-electron chi connectivity index (χ0n) is 18.3. The molecule has 3 heterocycles. The van der Waals surface area contributed by atoms with E-state index in [-0.39, 0.29) is 35.8 Å². The lowest BCUT2D eigenvalue weighted by Crippen LogP contribution is -2.46. The van der Waals surface area contributed by atoms with Gasteiger partial charge in [0.1, 0.15) is 12.1 Å². The summed E-state index contributed by atoms with van der Waals surface area (Å²) in [6.45, 7) is 9.74. The maximum absolute atomic E-state index is 14.0. The summed E-state index contributed by atoms with van der Waals surface area (Å²) < 4.78 is 19.6. The fourth-order valence-electron chi connectivity index (χ4n) is 4.67. The van der Waals surface area contributed by atoms with Crippen LogP contribution in [0.25, 0.3) is 0 Å². The molecular formula is C22H31FN6O2. The number of nitrogens with zero attached hydrogens (tertiary/aromatic N) is 3. The third-order valence-corrected chi connectivity index (χ3v) is 6.34. The monoisotopic (exact) mass is 430 g/mol. The van der Waals surface area contributed by atoms with Gasteiger partial charge in [0.25, 0.3) is 5.91 Å². The smallest absolute Gasteiger partial charge is 0.273 e. The highest BCUT2D eigenvalue weighted by Crippen LogP contribution is 2.21. The van der Waals surface area contributed by atoms with Crippen LogP contribution in [-0.4, -0.2) is 60.1 Å². The van der Waals surface area contributed by atoms with Crippen molar-refractivity contribution in [1.29, 1.82) is 0 Å². The SMILES string of the molecule is CC1NNC(C)C1C(C)NC(=O)c1coc(CN2CCN(c3ccccc3F)CC2)n1. The van der Waals surface area contributed by atoms with Gasteiger partial charge in [0.05, 0.1) is 12.2 Å². The van der Waals surface area contributed by atoms with Crippen LogP contribution >= 0.6 is 0 Å². The van der Waals surface area contributed by atoms with Crippen molar-refractivity contribution in [3.8, 4) is 0 Å². The van der Waals surface area contributed by atoms with Crippen LogP contribution in [0.15, 0.2) is 34.9 Å². The number of nitrogens with one attached hydrogen (secondary N) is 3. The van der Waals surface area contributed by atoms with Gasteiger partial charge in [-0.1, -0.05) is 12.1 Å². The second-order valence-electron chi connectivity index (χ2n) is 8.55. The molecule has 0 saturated carbocycles. The van der Waals surface area contributed by atoms with Crippen molar-refractivity contribution in [3.05, 3.63) is 47.9 Å². The molecule has 0 spiro atoms. The van der Waals surface area contributed by atoms with Crippen molar-refractivity contribution >= 4 is 11.6 Å². The van der Waals surface area contributed by atoms with Crippen molar-refractivity contribution in [2.75, 3.05) is 31.1 Å². The first-order chi connectivity index (χ1) is 14.9. The van der Waals surface area contributed by atoms with Gasteiger partial charge in [0.2, 0.25) is 5.89 Å². The standard InChI is InChI=1S/C22H31FN6O2/c1-14(21-15(2)26-27-16(21)3)24-22(30)18-13-31-20(25-18)12-28-8-10-29(11-9-28)19-7-5-4-6-17(19)23/h4-7,13-16,21,26-27H,8-12H2,1-3H3,(H,24,30). The van der Waals surface area contributed by atoms with Gasteiger partial charge in [0, 0.05) is 50.2 Å². The van der Waals surface area contributed by atoms with Crippen LogP contribution in [0.1, 0.15) is 37.2 Å². The van der Waals surface area contributed by atoms with Gasteiger partial charge in [-0.15, -0.1) is 0 Å². The Bertz CT molecular complexity index is 888. The fraction of sp³-hybridized carbons (Fsp3) is 0.545. The molecule has 1 aromatic heterocycles. The normalized spacial score (nSPS) is 25.5. The number of hydrazine groups is 1. The molecule has 0 aliphatic carbocycles. The third-order valence-electron chi connectivity index (χ3n) is 6.34. The van der Waals surface area contributed by atoms with Gasteiger partial charge in [-0.2, -0.15) is 0 Å². The van der Waals surface area contributed by atoms with Crippen LogP contribution in [0, 0.1) is 11.7 Å². The van der Waals surface area contributed by atoms with Crippen LogP contribution in [0.5, 0.6) is 0 Å². The van der Waals surface area contributed by atoms with E-state index in [1.807, 2.05) is 19.1 Å². The lowest BCUT2D eigenvalue weighted by Gasteiger charge is -2.35. The van der Waals surface area contributed by atoms with E-state index in [0.717, 1.165) is 26.2 Å². The van der Waals surface area contributed by atoms with Gasteiger partial charge >= 0.3 is 0 Å². The molecule has 3 atom stereocenters. The Morgan fingerprint density at radius 1 is 1.23 bits per heavy atom. The Labute approximate surface area is 182 Å². The summed E-state index contributed by atoms with van der Waals surface area (Å²) in [6, 6.07) is 7.38. The number of aromatic nitrogens is 1. The average Bonchev–Trinajstić information content (AvgIpc) is 3.35. The number of carbonyl (C=O) groups excluding carboxylic acids is 1. The quantitative estimate of drug-likeness (QED) is 0.644. The van der Waals surface area contributed by atoms with E-state index in [4.69, 9.17) is 4.42 Å². The van der Waals surface area contributed by atoms with Crippen LogP contribution in [0.2, 0.25) is 0 Å². The maximum Gasteiger partial charge on any atom is 0.273 e. The van der Waals surface area contributed by atoms with Gasteiger partial charge in [-0.05, 0) is 32.9 Å². The molecule has 4 rings (SSSR count). The summed E-state index contributed by atoms with van der Waals surface area (Å²) >= 11 is 0. The van der Waals surface area contributed by atoms with Crippen molar-refractivity contribution < 1.29 is 13.6 Å². The van der Waals surface area contributed by atoms with Crippen molar-refractivity contribution in [2.24, 2.45) is 5.92 Å². The number of oxazole rings is 1. The average molecular weight is 431 g/mol. The van der Waals surface area contributed by atoms with E-state index in [1.54, 1.807) is 6.07 Å². The Balaban J connectivity index is 1.28. The third kappa shape index (κ3) is 4.89. The van der Waals surface area contributed by atoms with Gasteiger partial charge in [-0.3, -0.25) is 20.5 Å². The number of amides is 1. The molecule has 2 aliphatic heterocycles. The Kier molecular flexibility index (Phi) is 6.54. The molecule has 9 heteroatoms. The highest BCUT2D eigenvalue weighted by Gasteiger charge is 2.35. The second kappa shape index (κ2) is 9.33. The van der Waals surface area contributed by atoms with E-state index in [0.29, 0.717) is 23.8 Å². The Hall–Kier alpha value is -2.49. The number of carbonyl (C=O) groups is 1. The van der Waals surface area contributed by atoms with Gasteiger partial charge < -0.3 is 14.6 Å². The van der Waals surface area contributed by atoms with E-state index >= 15 is 0 Å². The largest absolute Gasteiger partial charge is 0.447 e. The number of hydrogen-bond donors (Lipinski definition) is 3. The Morgan fingerprint density at radius 3 is 2.58 bits per heavy atom. The van der Waals surface area contributed by atoms with Crippen LogP contribution in [-0.2, 0) is 6.54 Å². The number of hydrogen-bond acceptors (Lipinski definition) is 7. The lowest BCUT2D eigenvalue weighted by molar-refractivity contribution is 0.0918. The molecule has 2 saturated heterocycles. The molecule has 31 heavy (non-hydrogen) atoms. The first kappa shape index (κ1) is 21.7. The zero-order valence-corrected chi connectivity index (χ0v) is 18.3.